The van der Waals surface area contributed by atoms with Crippen molar-refractivity contribution in [3.05, 3.63) is 29.8 Å². The number of anilines is 1. The first-order valence-electron chi connectivity index (χ1n) is 9.11. The normalized spacial score (nSPS) is 15.3. The van der Waals surface area contributed by atoms with E-state index in [2.05, 4.69) is 16.0 Å². The molecule has 1 aliphatic rings. The van der Waals surface area contributed by atoms with Crippen LogP contribution in [0.5, 0.6) is 0 Å². The van der Waals surface area contributed by atoms with E-state index in [1.54, 1.807) is 12.1 Å². The first kappa shape index (κ1) is 19.2. The van der Waals surface area contributed by atoms with Crippen molar-refractivity contribution < 1.29 is 9.59 Å². The maximum absolute atomic E-state index is 12.9. The number of nitrogens with one attached hydrogen (secondary N) is 3. The van der Waals surface area contributed by atoms with Gasteiger partial charge in [-0.15, -0.1) is 0 Å². The lowest BCUT2D eigenvalue weighted by Gasteiger charge is -2.32. The molecule has 0 atom stereocenters. The van der Waals surface area contributed by atoms with Gasteiger partial charge in [0.25, 0.3) is 5.91 Å². The molecule has 6 heteroatoms. The summed E-state index contributed by atoms with van der Waals surface area (Å²) in [6, 6.07) is 6.96. The molecule has 138 valence electrons. The molecule has 0 unspecified atom stereocenters. The van der Waals surface area contributed by atoms with E-state index >= 15 is 0 Å². The highest BCUT2D eigenvalue weighted by Crippen LogP contribution is 2.24. The van der Waals surface area contributed by atoms with E-state index in [-0.39, 0.29) is 18.0 Å². The Balaban J connectivity index is 1.99. The summed E-state index contributed by atoms with van der Waals surface area (Å²) >= 11 is 0. The Bertz CT molecular complexity index is 581. The van der Waals surface area contributed by atoms with Gasteiger partial charge >= 0.3 is 6.03 Å². The van der Waals surface area contributed by atoms with Crippen molar-refractivity contribution >= 4 is 17.6 Å². The Morgan fingerprint density at radius 2 is 1.88 bits per heavy atom. The SMILES string of the molecule is CNCCC1CCN(C(=O)c2ccccc2NC(=O)NC(C)C)CC1. The van der Waals surface area contributed by atoms with Crippen LogP contribution in [0.3, 0.4) is 0 Å². The quantitative estimate of drug-likeness (QED) is 0.741. The lowest BCUT2D eigenvalue weighted by atomic mass is 9.93. The third-order valence-corrected chi connectivity index (χ3v) is 4.53. The number of carbonyl (C=O) groups excluding carboxylic acids is 2. The number of para-hydroxylation sites is 1. The topological polar surface area (TPSA) is 73.5 Å². The molecule has 1 aromatic rings. The number of nitrogens with zero attached hydrogens (tertiary/aromatic N) is 1. The summed E-state index contributed by atoms with van der Waals surface area (Å²) in [7, 11) is 1.97. The molecular formula is C19H30N4O2. The first-order chi connectivity index (χ1) is 12.0. The maximum Gasteiger partial charge on any atom is 0.319 e. The van der Waals surface area contributed by atoms with Gasteiger partial charge in [0.1, 0.15) is 0 Å². The molecule has 0 spiro atoms. The Kier molecular flexibility index (Phi) is 7.25. The number of benzene rings is 1. The second kappa shape index (κ2) is 9.42. The van der Waals surface area contributed by atoms with Crippen molar-refractivity contribution in [1.29, 1.82) is 0 Å². The first-order valence-corrected chi connectivity index (χ1v) is 9.11. The minimum Gasteiger partial charge on any atom is -0.339 e. The Morgan fingerprint density at radius 3 is 2.52 bits per heavy atom. The van der Waals surface area contributed by atoms with Crippen LogP contribution in [-0.4, -0.2) is 49.6 Å². The number of carbonyl (C=O) groups is 2. The number of hydrogen-bond donors (Lipinski definition) is 3. The zero-order chi connectivity index (χ0) is 18.2. The van der Waals surface area contributed by atoms with Crippen LogP contribution in [0.25, 0.3) is 0 Å². The minimum atomic E-state index is -0.291. The van der Waals surface area contributed by atoms with Gasteiger partial charge in [0, 0.05) is 19.1 Å². The van der Waals surface area contributed by atoms with Crippen LogP contribution in [0.4, 0.5) is 10.5 Å². The molecule has 0 aromatic heterocycles. The molecule has 1 saturated heterocycles. The van der Waals surface area contributed by atoms with Crippen LogP contribution < -0.4 is 16.0 Å². The average Bonchev–Trinajstić information content (AvgIpc) is 2.59. The van der Waals surface area contributed by atoms with E-state index in [1.165, 1.54) is 0 Å². The summed E-state index contributed by atoms with van der Waals surface area (Å²) in [5.41, 5.74) is 1.11. The van der Waals surface area contributed by atoms with Crippen LogP contribution in [0, 0.1) is 5.92 Å². The fourth-order valence-electron chi connectivity index (χ4n) is 3.14. The molecule has 6 nitrogen and oxygen atoms in total. The fraction of sp³-hybridized carbons (Fsp3) is 0.579. The molecule has 3 amide bonds. The second-order valence-electron chi connectivity index (χ2n) is 6.93. The van der Waals surface area contributed by atoms with Crippen molar-refractivity contribution in [2.45, 2.75) is 39.2 Å². The molecule has 0 bridgehead atoms. The molecule has 1 aromatic carbocycles. The molecule has 0 radical (unpaired) electrons. The average molecular weight is 346 g/mol. The number of likely N-dealkylation sites (tertiary alicyclic amines) is 1. The Hall–Kier alpha value is -2.08. The van der Waals surface area contributed by atoms with Crippen LogP contribution in [0.2, 0.25) is 0 Å². The van der Waals surface area contributed by atoms with Gasteiger partial charge in [-0.1, -0.05) is 12.1 Å². The predicted octanol–water partition coefficient (Wildman–Crippen LogP) is 2.68. The predicted molar refractivity (Wildman–Crippen MR) is 101 cm³/mol. The molecule has 0 aliphatic carbocycles. The molecule has 1 aliphatic heterocycles. The molecule has 3 N–H and O–H groups in total. The third kappa shape index (κ3) is 5.74. The highest BCUT2D eigenvalue weighted by atomic mass is 16.2. The van der Waals surface area contributed by atoms with Gasteiger partial charge in [-0.3, -0.25) is 4.79 Å². The summed E-state index contributed by atoms with van der Waals surface area (Å²) < 4.78 is 0. The second-order valence-corrected chi connectivity index (χ2v) is 6.93. The van der Waals surface area contributed by atoms with E-state index in [0.717, 1.165) is 38.9 Å². The largest absolute Gasteiger partial charge is 0.339 e. The zero-order valence-electron chi connectivity index (χ0n) is 15.5. The van der Waals surface area contributed by atoms with Crippen molar-refractivity contribution in [2.24, 2.45) is 5.92 Å². The van der Waals surface area contributed by atoms with Gasteiger partial charge in [-0.05, 0) is 64.8 Å². The van der Waals surface area contributed by atoms with Gasteiger partial charge in [0.15, 0.2) is 0 Å². The summed E-state index contributed by atoms with van der Waals surface area (Å²) in [5, 5.41) is 8.76. The summed E-state index contributed by atoms with van der Waals surface area (Å²) in [5.74, 6) is 0.675. The number of amides is 3. The molecule has 0 saturated carbocycles. The van der Waals surface area contributed by atoms with E-state index in [4.69, 9.17) is 0 Å². The van der Waals surface area contributed by atoms with E-state index in [0.29, 0.717) is 17.2 Å². The van der Waals surface area contributed by atoms with E-state index < -0.39 is 0 Å². The van der Waals surface area contributed by atoms with Crippen LogP contribution in [-0.2, 0) is 0 Å². The van der Waals surface area contributed by atoms with Gasteiger partial charge < -0.3 is 20.9 Å². The van der Waals surface area contributed by atoms with Gasteiger partial charge in [-0.25, -0.2) is 4.79 Å². The minimum absolute atomic E-state index is 0.00693. The molecule has 1 heterocycles. The zero-order valence-corrected chi connectivity index (χ0v) is 15.5. The highest BCUT2D eigenvalue weighted by Gasteiger charge is 2.25. The van der Waals surface area contributed by atoms with Crippen molar-refractivity contribution in [1.82, 2.24) is 15.5 Å². The lowest BCUT2D eigenvalue weighted by Crippen LogP contribution is -2.40. The number of piperidine rings is 1. The van der Waals surface area contributed by atoms with E-state index in [9.17, 15) is 9.59 Å². The smallest absolute Gasteiger partial charge is 0.319 e. The summed E-state index contributed by atoms with van der Waals surface area (Å²) in [6.07, 6.45) is 3.24. The number of hydrogen-bond acceptors (Lipinski definition) is 3. The van der Waals surface area contributed by atoms with Crippen molar-refractivity contribution in [3.8, 4) is 0 Å². The summed E-state index contributed by atoms with van der Waals surface area (Å²) in [6.45, 7) is 6.37. The van der Waals surface area contributed by atoms with Gasteiger partial charge in [0.2, 0.25) is 0 Å². The van der Waals surface area contributed by atoms with Crippen molar-refractivity contribution in [2.75, 3.05) is 32.0 Å². The molecule has 2 rings (SSSR count). The lowest BCUT2D eigenvalue weighted by molar-refractivity contribution is 0.0688. The standard InChI is InChI=1S/C19H30N4O2/c1-14(2)21-19(25)22-17-7-5-4-6-16(17)18(24)23-12-9-15(10-13-23)8-11-20-3/h4-7,14-15,20H,8-13H2,1-3H3,(H2,21,22,25). The van der Waals surface area contributed by atoms with Crippen LogP contribution >= 0.6 is 0 Å². The van der Waals surface area contributed by atoms with Gasteiger partial charge in [0.05, 0.1) is 11.3 Å². The van der Waals surface area contributed by atoms with Crippen molar-refractivity contribution in [3.63, 3.8) is 0 Å². The third-order valence-electron chi connectivity index (χ3n) is 4.53. The van der Waals surface area contributed by atoms with Crippen LogP contribution in [0.1, 0.15) is 43.5 Å². The summed E-state index contributed by atoms with van der Waals surface area (Å²) in [4.78, 5) is 26.8. The Morgan fingerprint density at radius 1 is 1.20 bits per heavy atom. The molecule has 25 heavy (non-hydrogen) atoms. The monoisotopic (exact) mass is 346 g/mol. The molecular weight excluding hydrogens is 316 g/mol. The van der Waals surface area contributed by atoms with E-state index in [1.807, 2.05) is 37.9 Å². The number of rotatable bonds is 6. The maximum atomic E-state index is 12.9. The van der Waals surface area contributed by atoms with Gasteiger partial charge in [-0.2, -0.15) is 0 Å². The Labute approximate surface area is 150 Å². The fourth-order valence-corrected chi connectivity index (χ4v) is 3.14. The molecule has 1 fully saturated rings. The number of urea groups is 1. The van der Waals surface area contributed by atoms with Crippen LogP contribution in [0.15, 0.2) is 24.3 Å². The highest BCUT2D eigenvalue weighted by molar-refractivity contribution is 6.03.